The Bertz CT molecular complexity index is 983. The highest BCUT2D eigenvalue weighted by Gasteiger charge is 2.38. The second kappa shape index (κ2) is 5.82. The average Bonchev–Trinajstić information content (AvgIpc) is 2.96. The Morgan fingerprint density at radius 2 is 1.56 bits per heavy atom. The fourth-order valence-electron chi connectivity index (χ4n) is 3.51. The Balaban J connectivity index is 1.77. The number of nitrogens with zero attached hydrogens (tertiary/aromatic N) is 1. The van der Waals surface area contributed by atoms with Gasteiger partial charge in [0.15, 0.2) is 14.9 Å². The summed E-state index contributed by atoms with van der Waals surface area (Å²) in [5.74, 6) is 0. The zero-order valence-electron chi connectivity index (χ0n) is 13.9. The number of benzene rings is 1. The summed E-state index contributed by atoms with van der Waals surface area (Å²) in [5, 5.41) is 0.815. The van der Waals surface area contributed by atoms with Crippen LogP contribution < -0.4 is 0 Å². The van der Waals surface area contributed by atoms with Crippen molar-refractivity contribution >= 4 is 32.6 Å². The van der Waals surface area contributed by atoms with Gasteiger partial charge in [0.05, 0.1) is 0 Å². The van der Waals surface area contributed by atoms with E-state index in [4.69, 9.17) is 11.6 Å². The van der Waals surface area contributed by atoms with Gasteiger partial charge in [0.1, 0.15) is 0 Å². The Kier molecular flexibility index (Phi) is 3.85. The van der Waals surface area contributed by atoms with E-state index in [9.17, 15) is 8.42 Å². The van der Waals surface area contributed by atoms with Gasteiger partial charge < -0.3 is 0 Å². The fraction of sp³-hybridized carbons (Fsp3) is 0.250. The van der Waals surface area contributed by atoms with Crippen molar-refractivity contribution in [1.82, 2.24) is 4.98 Å². The molecule has 1 aromatic heterocycles. The van der Waals surface area contributed by atoms with E-state index >= 15 is 0 Å². The number of sulfone groups is 1. The predicted molar refractivity (Wildman–Crippen MR) is 101 cm³/mol. The van der Waals surface area contributed by atoms with Gasteiger partial charge in [-0.05, 0) is 53.8 Å². The third-order valence-electron chi connectivity index (χ3n) is 5.02. The number of halogens is 1. The van der Waals surface area contributed by atoms with Gasteiger partial charge in [0.25, 0.3) is 0 Å². The molecule has 2 aliphatic carbocycles. The minimum absolute atomic E-state index is 0.102. The van der Waals surface area contributed by atoms with Crippen LogP contribution in [-0.4, -0.2) is 19.7 Å². The Morgan fingerprint density at radius 1 is 0.960 bits per heavy atom. The fourth-order valence-corrected chi connectivity index (χ4v) is 4.20. The zero-order chi connectivity index (χ0) is 17.7. The molecule has 2 aliphatic rings. The van der Waals surface area contributed by atoms with E-state index in [1.54, 1.807) is 12.3 Å². The largest absolute Gasteiger partial charge is 0.244 e. The quantitative estimate of drug-likeness (QED) is 0.779. The van der Waals surface area contributed by atoms with Gasteiger partial charge in [0.2, 0.25) is 0 Å². The summed E-state index contributed by atoms with van der Waals surface area (Å²) in [6.07, 6.45) is 11.0. The van der Waals surface area contributed by atoms with E-state index in [2.05, 4.69) is 17.1 Å². The first-order valence-electron chi connectivity index (χ1n) is 8.25. The molecular weight excluding hydrogens is 354 g/mol. The highest BCUT2D eigenvalue weighted by atomic mass is 35.5. The van der Waals surface area contributed by atoms with E-state index in [-0.39, 0.29) is 10.4 Å². The van der Waals surface area contributed by atoms with Crippen molar-refractivity contribution < 1.29 is 8.42 Å². The SMILES string of the molecule is CS(=O)(=O)c1ccc(C2=CC3(C=C2c2ccc(Cl)cc2)CCC3)cn1. The molecule has 4 rings (SSSR count). The summed E-state index contributed by atoms with van der Waals surface area (Å²) >= 11 is 6.03. The minimum atomic E-state index is -3.29. The number of aromatic nitrogens is 1. The Morgan fingerprint density at radius 3 is 2.04 bits per heavy atom. The molecule has 1 fully saturated rings. The predicted octanol–water partition coefficient (Wildman–Crippen LogP) is 4.79. The number of pyridine rings is 1. The molecule has 0 radical (unpaired) electrons. The third-order valence-corrected chi connectivity index (χ3v) is 6.27. The smallest absolute Gasteiger partial charge is 0.192 e. The zero-order valence-corrected chi connectivity index (χ0v) is 15.4. The second-order valence-electron chi connectivity index (χ2n) is 6.87. The molecule has 0 bridgehead atoms. The lowest BCUT2D eigenvalue weighted by Crippen LogP contribution is -2.22. The van der Waals surface area contributed by atoms with Crippen molar-refractivity contribution in [3.05, 3.63) is 70.9 Å². The lowest BCUT2D eigenvalue weighted by Gasteiger charge is -2.34. The summed E-state index contributed by atoms with van der Waals surface area (Å²) in [6.45, 7) is 0. The number of hydrogen-bond donors (Lipinski definition) is 0. The topological polar surface area (TPSA) is 47.0 Å². The Labute approximate surface area is 153 Å². The molecule has 5 heteroatoms. The summed E-state index contributed by atoms with van der Waals surface area (Å²) in [4.78, 5) is 4.15. The van der Waals surface area contributed by atoms with Gasteiger partial charge in [-0.2, -0.15) is 0 Å². The first kappa shape index (κ1) is 16.6. The van der Waals surface area contributed by atoms with Crippen molar-refractivity contribution in [1.29, 1.82) is 0 Å². The van der Waals surface area contributed by atoms with E-state index in [1.807, 2.05) is 30.3 Å². The number of allylic oxidation sites excluding steroid dienone is 4. The molecule has 0 amide bonds. The average molecular weight is 372 g/mol. The van der Waals surface area contributed by atoms with Gasteiger partial charge in [-0.25, -0.2) is 13.4 Å². The first-order chi connectivity index (χ1) is 11.9. The van der Waals surface area contributed by atoms with Crippen LogP contribution in [0.1, 0.15) is 30.4 Å². The van der Waals surface area contributed by atoms with Crippen LogP contribution in [0.3, 0.4) is 0 Å². The van der Waals surface area contributed by atoms with Gasteiger partial charge in [-0.1, -0.05) is 42.3 Å². The minimum Gasteiger partial charge on any atom is -0.244 e. The van der Waals surface area contributed by atoms with Crippen molar-refractivity contribution in [2.45, 2.75) is 24.3 Å². The molecule has 0 saturated heterocycles. The molecule has 2 aromatic rings. The molecule has 25 heavy (non-hydrogen) atoms. The summed E-state index contributed by atoms with van der Waals surface area (Å²) in [5.41, 5.74) is 4.49. The van der Waals surface area contributed by atoms with Crippen LogP contribution in [0.25, 0.3) is 11.1 Å². The van der Waals surface area contributed by atoms with Crippen LogP contribution >= 0.6 is 11.6 Å². The van der Waals surface area contributed by atoms with Crippen LogP contribution in [0, 0.1) is 5.41 Å². The molecule has 3 nitrogen and oxygen atoms in total. The van der Waals surface area contributed by atoms with Crippen molar-refractivity contribution in [3.8, 4) is 0 Å². The third kappa shape index (κ3) is 3.05. The van der Waals surface area contributed by atoms with Crippen LogP contribution in [0.5, 0.6) is 0 Å². The maximum Gasteiger partial charge on any atom is 0.192 e. The molecule has 128 valence electrons. The summed E-state index contributed by atoms with van der Waals surface area (Å²) in [6, 6.07) is 11.3. The van der Waals surface area contributed by atoms with Crippen LogP contribution in [0.15, 0.2) is 59.8 Å². The van der Waals surface area contributed by atoms with Gasteiger partial charge in [-0.3, -0.25) is 0 Å². The number of rotatable bonds is 3. The lowest BCUT2D eigenvalue weighted by atomic mass is 9.70. The van der Waals surface area contributed by atoms with E-state index in [0.717, 1.165) is 29.5 Å². The highest BCUT2D eigenvalue weighted by Crippen LogP contribution is 2.53. The maximum atomic E-state index is 11.6. The van der Waals surface area contributed by atoms with Crippen molar-refractivity contribution in [2.24, 2.45) is 5.41 Å². The van der Waals surface area contributed by atoms with Crippen LogP contribution in [0.2, 0.25) is 5.02 Å². The molecule has 0 atom stereocenters. The lowest BCUT2D eigenvalue weighted by molar-refractivity contribution is 0.282. The van der Waals surface area contributed by atoms with Gasteiger partial charge in [-0.15, -0.1) is 0 Å². The normalized spacial score (nSPS) is 18.6. The van der Waals surface area contributed by atoms with Crippen molar-refractivity contribution in [2.75, 3.05) is 6.26 Å². The molecular formula is C20H18ClNO2S. The molecule has 1 saturated carbocycles. The molecule has 0 N–H and O–H groups in total. The second-order valence-corrected chi connectivity index (χ2v) is 9.27. The van der Waals surface area contributed by atoms with Crippen LogP contribution in [-0.2, 0) is 9.84 Å². The molecule has 1 spiro atoms. The molecule has 1 aromatic carbocycles. The number of hydrogen-bond acceptors (Lipinski definition) is 3. The first-order valence-corrected chi connectivity index (χ1v) is 10.5. The molecule has 0 unspecified atom stereocenters. The summed E-state index contributed by atoms with van der Waals surface area (Å²) < 4.78 is 23.3. The van der Waals surface area contributed by atoms with E-state index < -0.39 is 9.84 Å². The highest BCUT2D eigenvalue weighted by molar-refractivity contribution is 7.90. The van der Waals surface area contributed by atoms with E-state index in [1.165, 1.54) is 18.2 Å². The van der Waals surface area contributed by atoms with E-state index in [0.29, 0.717) is 5.02 Å². The summed E-state index contributed by atoms with van der Waals surface area (Å²) in [7, 11) is -3.29. The molecule has 0 aliphatic heterocycles. The maximum absolute atomic E-state index is 11.6. The Hall–Kier alpha value is -1.91. The van der Waals surface area contributed by atoms with Gasteiger partial charge >= 0.3 is 0 Å². The van der Waals surface area contributed by atoms with Crippen molar-refractivity contribution in [3.63, 3.8) is 0 Å². The standard InChI is InChI=1S/C20H18ClNO2S/c1-25(23,24)19-8-5-15(13-22-19)18-12-20(9-2-10-20)11-17(18)14-3-6-16(21)7-4-14/h3-8,11-13H,2,9-10H2,1H3. The monoisotopic (exact) mass is 371 g/mol. The molecule has 1 heterocycles. The van der Waals surface area contributed by atoms with Gasteiger partial charge in [0, 0.05) is 28.5 Å². The van der Waals surface area contributed by atoms with Crippen LogP contribution in [0.4, 0.5) is 0 Å².